The topological polar surface area (TPSA) is 40.0 Å². The van der Waals surface area contributed by atoms with Crippen LogP contribution in [-0.2, 0) is 0 Å². The van der Waals surface area contributed by atoms with Crippen LogP contribution >= 0.6 is 11.8 Å². The molecule has 8 rings (SSSR count). The molecule has 0 bridgehead atoms. The van der Waals surface area contributed by atoms with Crippen molar-refractivity contribution in [3.8, 4) is 11.1 Å². The Balaban J connectivity index is 1.19. The molecular weight excluding hydrogens is 557 g/mol. The fourth-order valence-corrected chi connectivity index (χ4v) is 7.56. The second-order valence-electron chi connectivity index (χ2n) is 11.5. The fraction of sp³-hybridized carbons (Fsp3) is 0.128. The van der Waals surface area contributed by atoms with Gasteiger partial charge in [0.2, 0.25) is 0 Å². The largest absolute Gasteiger partial charge is 0.363 e. The molecule has 4 nitrogen and oxygen atoms in total. The molecule has 3 unspecified atom stereocenters. The lowest BCUT2D eigenvalue weighted by molar-refractivity contribution is 0.364. The zero-order chi connectivity index (χ0) is 29.5. The molecule has 3 aliphatic rings. The van der Waals surface area contributed by atoms with E-state index in [-0.39, 0.29) is 11.4 Å². The Labute approximate surface area is 262 Å². The fourth-order valence-electron chi connectivity index (χ4n) is 6.45. The maximum atomic E-state index is 5.29. The van der Waals surface area contributed by atoms with Gasteiger partial charge in [-0.15, -0.1) is 0 Å². The first kappa shape index (κ1) is 26.7. The molecule has 5 aromatic rings. The predicted molar refractivity (Wildman–Crippen MR) is 187 cm³/mol. The molecule has 0 aromatic heterocycles. The van der Waals surface area contributed by atoms with Crippen LogP contribution in [0.15, 0.2) is 155 Å². The van der Waals surface area contributed by atoms with Gasteiger partial charge in [-0.05, 0) is 57.3 Å². The standard InChI is InChI=1S/C39H32N4S/c1-43-39(44-38(42-43)27-15-6-3-7-16-27)36-25-35(26-13-4-2-5-14-26)40-37(41-36)30-19-12-18-28(23-30)34-24-29-17-8-9-20-31(29)32-21-10-11-22-33(32)34/h2-13,15-26,35,39H,14H2,1H3,(H,40,41). The number of amidine groups is 1. The predicted octanol–water partition coefficient (Wildman–Crippen LogP) is 8.76. The normalized spacial score (nSPS) is 21.2. The summed E-state index contributed by atoms with van der Waals surface area (Å²) in [7, 11) is 2.05. The van der Waals surface area contributed by atoms with Crippen molar-refractivity contribution in [3.05, 3.63) is 156 Å². The Morgan fingerprint density at radius 1 is 0.750 bits per heavy atom. The lowest BCUT2D eigenvalue weighted by Gasteiger charge is -2.31. The van der Waals surface area contributed by atoms with Gasteiger partial charge in [0, 0.05) is 24.1 Å². The van der Waals surface area contributed by atoms with E-state index in [1.807, 2.05) is 6.07 Å². The Kier molecular flexibility index (Phi) is 6.88. The van der Waals surface area contributed by atoms with E-state index < -0.39 is 0 Å². The minimum Gasteiger partial charge on any atom is -0.363 e. The van der Waals surface area contributed by atoms with Crippen LogP contribution in [0.25, 0.3) is 32.7 Å². The number of benzene rings is 5. The average Bonchev–Trinajstić information content (AvgIpc) is 3.50. The van der Waals surface area contributed by atoms with E-state index in [9.17, 15) is 0 Å². The van der Waals surface area contributed by atoms with Crippen LogP contribution in [0.2, 0.25) is 0 Å². The summed E-state index contributed by atoms with van der Waals surface area (Å²) in [5, 5.41) is 16.9. The first-order valence-corrected chi connectivity index (χ1v) is 16.0. The zero-order valence-electron chi connectivity index (χ0n) is 24.5. The monoisotopic (exact) mass is 588 g/mol. The van der Waals surface area contributed by atoms with Crippen LogP contribution in [0.4, 0.5) is 0 Å². The van der Waals surface area contributed by atoms with Gasteiger partial charge in [-0.2, -0.15) is 5.10 Å². The van der Waals surface area contributed by atoms with Gasteiger partial charge in [0.15, 0.2) is 0 Å². The summed E-state index contributed by atoms with van der Waals surface area (Å²) in [4.78, 5) is 5.29. The van der Waals surface area contributed by atoms with Crippen LogP contribution in [-0.4, -0.2) is 34.4 Å². The third-order valence-electron chi connectivity index (χ3n) is 8.67. The van der Waals surface area contributed by atoms with Gasteiger partial charge < -0.3 is 5.32 Å². The molecule has 1 N–H and O–H groups in total. The molecule has 2 aliphatic heterocycles. The van der Waals surface area contributed by atoms with Crippen molar-refractivity contribution in [3.63, 3.8) is 0 Å². The summed E-state index contributed by atoms with van der Waals surface area (Å²) in [6, 6.07) is 39.1. The lowest BCUT2D eigenvalue weighted by atomic mass is 9.90. The SMILES string of the molecule is CN1N=C(c2ccccc2)SC1C1=CC(C2C=CC=CC2)NC(c2cccc(-c3cc4ccccc4c4ccccc34)c2)=N1. The Bertz CT molecular complexity index is 2040. The van der Waals surface area contributed by atoms with Crippen LogP contribution in [0.3, 0.4) is 0 Å². The summed E-state index contributed by atoms with van der Waals surface area (Å²) >= 11 is 1.77. The van der Waals surface area contributed by atoms with E-state index in [1.165, 1.54) is 32.7 Å². The molecule has 0 amide bonds. The van der Waals surface area contributed by atoms with Gasteiger partial charge in [0.1, 0.15) is 16.3 Å². The molecule has 5 heteroatoms. The number of hydrogen-bond acceptors (Lipinski definition) is 5. The molecule has 3 atom stereocenters. The molecule has 0 saturated carbocycles. The molecule has 0 spiro atoms. The molecule has 1 aliphatic carbocycles. The van der Waals surface area contributed by atoms with E-state index in [0.717, 1.165) is 34.1 Å². The molecule has 214 valence electrons. The van der Waals surface area contributed by atoms with Crippen molar-refractivity contribution in [2.75, 3.05) is 7.05 Å². The highest BCUT2D eigenvalue weighted by molar-refractivity contribution is 8.15. The zero-order valence-corrected chi connectivity index (χ0v) is 25.3. The number of nitrogens with one attached hydrogen (secondary N) is 1. The summed E-state index contributed by atoms with van der Waals surface area (Å²) in [5.74, 6) is 1.25. The van der Waals surface area contributed by atoms with Crippen LogP contribution in [0.1, 0.15) is 17.5 Å². The summed E-state index contributed by atoms with van der Waals surface area (Å²) < 4.78 is 0. The quantitative estimate of drug-likeness (QED) is 0.209. The van der Waals surface area contributed by atoms with E-state index in [2.05, 4.69) is 151 Å². The van der Waals surface area contributed by atoms with Crippen LogP contribution in [0.5, 0.6) is 0 Å². The second-order valence-corrected chi connectivity index (χ2v) is 12.6. The molecule has 0 saturated heterocycles. The molecule has 0 fully saturated rings. The average molecular weight is 589 g/mol. The minimum atomic E-state index is 0.000493. The number of likely N-dealkylation sites (N-methyl/N-ethyl adjacent to an activating group) is 1. The highest BCUT2D eigenvalue weighted by Gasteiger charge is 2.33. The molecule has 5 aromatic carbocycles. The van der Waals surface area contributed by atoms with Crippen molar-refractivity contribution >= 4 is 44.2 Å². The number of hydrazone groups is 1. The van der Waals surface area contributed by atoms with Crippen LogP contribution < -0.4 is 5.32 Å². The number of allylic oxidation sites excluding steroid dienone is 3. The van der Waals surface area contributed by atoms with Crippen molar-refractivity contribution in [1.82, 2.24) is 10.3 Å². The third-order valence-corrected chi connectivity index (χ3v) is 9.98. The summed E-state index contributed by atoms with van der Waals surface area (Å²) in [6.07, 6.45) is 12.2. The van der Waals surface area contributed by atoms with Crippen molar-refractivity contribution < 1.29 is 0 Å². The van der Waals surface area contributed by atoms with Crippen molar-refractivity contribution in [2.24, 2.45) is 16.0 Å². The lowest BCUT2D eigenvalue weighted by Crippen LogP contribution is -2.43. The smallest absolute Gasteiger partial charge is 0.140 e. The summed E-state index contributed by atoms with van der Waals surface area (Å²) in [6.45, 7) is 0. The molecule has 0 radical (unpaired) electrons. The summed E-state index contributed by atoms with van der Waals surface area (Å²) in [5.41, 5.74) is 5.68. The number of thioether (sulfide) groups is 1. The Hall–Kier alpha value is -4.87. The molecule has 44 heavy (non-hydrogen) atoms. The third kappa shape index (κ3) is 4.93. The molecule has 2 heterocycles. The Morgan fingerprint density at radius 3 is 2.34 bits per heavy atom. The number of aliphatic imine (C=N–C) groups is 1. The maximum absolute atomic E-state index is 5.29. The van der Waals surface area contributed by atoms with Crippen molar-refractivity contribution in [1.29, 1.82) is 0 Å². The van der Waals surface area contributed by atoms with Crippen molar-refractivity contribution in [2.45, 2.75) is 17.8 Å². The minimum absolute atomic E-state index is 0.000493. The van der Waals surface area contributed by atoms with Gasteiger partial charge in [0.25, 0.3) is 0 Å². The van der Waals surface area contributed by atoms with Gasteiger partial charge in [-0.25, -0.2) is 4.99 Å². The van der Waals surface area contributed by atoms with E-state index >= 15 is 0 Å². The molecular formula is C39H32N4S. The van der Waals surface area contributed by atoms with E-state index in [4.69, 9.17) is 10.1 Å². The number of hydrogen-bond donors (Lipinski definition) is 1. The van der Waals surface area contributed by atoms with Gasteiger partial charge in [-0.3, -0.25) is 5.01 Å². The number of nitrogens with zero attached hydrogens (tertiary/aromatic N) is 3. The first-order chi connectivity index (χ1) is 21.7. The first-order valence-electron chi connectivity index (χ1n) is 15.2. The number of fused-ring (bicyclic) bond motifs is 3. The second kappa shape index (κ2) is 11.3. The van der Waals surface area contributed by atoms with E-state index in [1.54, 1.807) is 11.8 Å². The number of rotatable bonds is 5. The highest BCUT2D eigenvalue weighted by Crippen LogP contribution is 2.38. The van der Waals surface area contributed by atoms with Gasteiger partial charge in [0.05, 0.1) is 11.7 Å². The highest BCUT2D eigenvalue weighted by atomic mass is 32.2. The van der Waals surface area contributed by atoms with Gasteiger partial charge >= 0.3 is 0 Å². The van der Waals surface area contributed by atoms with Gasteiger partial charge in [-0.1, -0.05) is 133 Å². The van der Waals surface area contributed by atoms with E-state index in [0.29, 0.717) is 5.92 Å². The van der Waals surface area contributed by atoms with Crippen LogP contribution in [0, 0.1) is 5.92 Å². The maximum Gasteiger partial charge on any atom is 0.140 e. The Morgan fingerprint density at radius 2 is 1.50 bits per heavy atom.